The lowest BCUT2D eigenvalue weighted by molar-refractivity contribution is 0.414. The monoisotopic (exact) mass is 418 g/mol. The average molecular weight is 419 g/mol. The molecular formula is C20H24ClFN6O. The van der Waals surface area contributed by atoms with Gasteiger partial charge in [0.2, 0.25) is 18.2 Å². The molecule has 0 spiro atoms. The van der Waals surface area contributed by atoms with Gasteiger partial charge in [-0.3, -0.25) is 4.90 Å². The zero-order valence-electron chi connectivity index (χ0n) is 16.1. The van der Waals surface area contributed by atoms with Gasteiger partial charge in [0, 0.05) is 24.8 Å². The van der Waals surface area contributed by atoms with Crippen molar-refractivity contribution in [1.82, 2.24) is 4.90 Å². The molecule has 29 heavy (non-hydrogen) atoms. The molecule has 154 valence electrons. The Hall–Kier alpha value is -3.00. The molecule has 7 nitrogen and oxygen atoms in total. The van der Waals surface area contributed by atoms with E-state index in [0.29, 0.717) is 0 Å². The van der Waals surface area contributed by atoms with Crippen molar-refractivity contribution in [3.05, 3.63) is 54.3 Å². The summed E-state index contributed by atoms with van der Waals surface area (Å²) >= 11 is 0. The van der Waals surface area contributed by atoms with Crippen LogP contribution in [0.25, 0.3) is 0 Å². The van der Waals surface area contributed by atoms with Crippen LogP contribution in [0.2, 0.25) is 0 Å². The Labute approximate surface area is 175 Å². The van der Waals surface area contributed by atoms with Crippen LogP contribution >= 0.6 is 12.4 Å². The molecule has 0 radical (unpaired) electrons. The Bertz CT molecular complexity index is 898. The Balaban J connectivity index is 0.00000240. The Morgan fingerprint density at radius 2 is 1.86 bits per heavy atom. The van der Waals surface area contributed by atoms with Crippen LogP contribution in [0.3, 0.4) is 0 Å². The third-order valence-corrected chi connectivity index (χ3v) is 4.79. The molecule has 2 aliphatic rings. The summed E-state index contributed by atoms with van der Waals surface area (Å²) in [7, 11) is 1.63. The van der Waals surface area contributed by atoms with E-state index in [4.69, 9.17) is 10.5 Å². The minimum atomic E-state index is -0.523. The van der Waals surface area contributed by atoms with E-state index in [2.05, 4.69) is 20.2 Å². The van der Waals surface area contributed by atoms with Gasteiger partial charge in [-0.1, -0.05) is 6.07 Å². The lowest BCUT2D eigenvalue weighted by atomic mass is 10.2. The summed E-state index contributed by atoms with van der Waals surface area (Å²) in [5.41, 5.74) is 7.65. The molecule has 1 saturated heterocycles. The van der Waals surface area contributed by atoms with E-state index >= 15 is 0 Å². The number of nitrogens with one attached hydrogen (secondary N) is 1. The fourth-order valence-corrected chi connectivity index (χ4v) is 3.43. The number of hydrogen-bond acceptors (Lipinski definition) is 7. The summed E-state index contributed by atoms with van der Waals surface area (Å²) < 4.78 is 18.7. The number of methoxy groups -OCH3 is 1. The second-order valence-corrected chi connectivity index (χ2v) is 6.69. The highest BCUT2D eigenvalue weighted by Gasteiger charge is 2.32. The molecule has 2 aromatic rings. The van der Waals surface area contributed by atoms with E-state index in [-0.39, 0.29) is 24.2 Å². The van der Waals surface area contributed by atoms with Gasteiger partial charge in [0.1, 0.15) is 11.6 Å². The molecule has 0 amide bonds. The van der Waals surface area contributed by atoms with Gasteiger partial charge < -0.3 is 20.7 Å². The maximum atomic E-state index is 13.3. The van der Waals surface area contributed by atoms with Crippen LogP contribution in [-0.2, 0) is 0 Å². The minimum Gasteiger partial charge on any atom is -0.497 e. The first-order valence-electron chi connectivity index (χ1n) is 9.26. The van der Waals surface area contributed by atoms with Crippen molar-refractivity contribution in [2.45, 2.75) is 19.1 Å². The van der Waals surface area contributed by atoms with Crippen LogP contribution in [0, 0.1) is 5.82 Å². The second-order valence-electron chi connectivity index (χ2n) is 6.69. The van der Waals surface area contributed by atoms with Crippen LogP contribution in [0.5, 0.6) is 5.75 Å². The first kappa shape index (κ1) is 20.7. The molecule has 4 rings (SSSR count). The third kappa shape index (κ3) is 4.54. The molecule has 9 heteroatoms. The van der Waals surface area contributed by atoms with Crippen LogP contribution < -0.4 is 20.7 Å². The predicted molar refractivity (Wildman–Crippen MR) is 116 cm³/mol. The topological polar surface area (TPSA) is 78.5 Å². The molecule has 3 N–H and O–H groups in total. The summed E-state index contributed by atoms with van der Waals surface area (Å²) in [6.07, 6.45) is 1.70. The highest BCUT2D eigenvalue weighted by atomic mass is 35.5. The van der Waals surface area contributed by atoms with Crippen molar-refractivity contribution in [1.29, 1.82) is 0 Å². The highest BCUT2D eigenvalue weighted by Crippen LogP contribution is 2.28. The van der Waals surface area contributed by atoms with E-state index in [9.17, 15) is 4.39 Å². The van der Waals surface area contributed by atoms with Gasteiger partial charge in [0.25, 0.3) is 0 Å². The first-order valence-corrected chi connectivity index (χ1v) is 9.26. The number of ether oxygens (including phenoxy) is 1. The van der Waals surface area contributed by atoms with Gasteiger partial charge in [0.05, 0.1) is 12.8 Å². The normalized spacial score (nSPS) is 18.6. The third-order valence-electron chi connectivity index (χ3n) is 4.79. The van der Waals surface area contributed by atoms with E-state index in [0.717, 1.165) is 49.0 Å². The van der Waals surface area contributed by atoms with Crippen molar-refractivity contribution in [3.8, 4) is 5.75 Å². The Morgan fingerprint density at radius 3 is 2.55 bits per heavy atom. The molecule has 2 aliphatic heterocycles. The standard InChI is InChI=1S/C20H23FN6O.ClH/c1-28-17-6-4-5-16(13-17)27-19(23-15-9-7-14(21)8-10-15)24-18(22)25-20(27)26-11-2-3-12-26;/h4-10,13,19,23H,2-3,11-12H2,1H3,(H2,22,24);1H. The summed E-state index contributed by atoms with van der Waals surface area (Å²) in [6, 6.07) is 13.9. The highest BCUT2D eigenvalue weighted by molar-refractivity contribution is 6.06. The quantitative estimate of drug-likeness (QED) is 0.796. The zero-order valence-corrected chi connectivity index (χ0v) is 16.9. The number of halogens is 2. The number of aliphatic imine (C=N–C) groups is 2. The molecule has 2 aromatic carbocycles. The van der Waals surface area contributed by atoms with E-state index < -0.39 is 6.29 Å². The number of nitrogens with two attached hydrogens (primary N) is 1. The van der Waals surface area contributed by atoms with Gasteiger partial charge in [-0.25, -0.2) is 9.38 Å². The summed E-state index contributed by atoms with van der Waals surface area (Å²) in [5.74, 6) is 1.40. The molecule has 0 aliphatic carbocycles. The number of anilines is 2. The maximum absolute atomic E-state index is 13.3. The summed E-state index contributed by atoms with van der Waals surface area (Å²) in [6.45, 7) is 1.83. The molecule has 0 aromatic heterocycles. The van der Waals surface area contributed by atoms with Crippen LogP contribution in [0.4, 0.5) is 15.8 Å². The average Bonchev–Trinajstić information content (AvgIpc) is 3.24. The van der Waals surface area contributed by atoms with Gasteiger partial charge in [-0.05, 0) is 49.2 Å². The van der Waals surface area contributed by atoms with Crippen molar-refractivity contribution in [2.24, 2.45) is 15.7 Å². The lowest BCUT2D eigenvalue weighted by Crippen LogP contribution is -2.54. The molecule has 1 atom stereocenters. The number of guanidine groups is 2. The van der Waals surface area contributed by atoms with Crippen molar-refractivity contribution in [2.75, 3.05) is 30.4 Å². The van der Waals surface area contributed by atoms with Crippen LogP contribution in [0.1, 0.15) is 12.8 Å². The van der Waals surface area contributed by atoms with Gasteiger partial charge in [0.15, 0.2) is 0 Å². The van der Waals surface area contributed by atoms with Crippen molar-refractivity contribution in [3.63, 3.8) is 0 Å². The number of rotatable bonds is 4. The maximum Gasteiger partial charge on any atom is 0.222 e. The second kappa shape index (κ2) is 9.00. The van der Waals surface area contributed by atoms with Crippen LogP contribution in [-0.4, -0.2) is 43.3 Å². The van der Waals surface area contributed by atoms with E-state index in [1.165, 1.54) is 12.1 Å². The summed E-state index contributed by atoms with van der Waals surface area (Å²) in [4.78, 5) is 13.2. The minimum absolute atomic E-state index is 0. The number of hydrogen-bond donors (Lipinski definition) is 2. The van der Waals surface area contributed by atoms with Crippen LogP contribution in [0.15, 0.2) is 58.5 Å². The molecule has 1 fully saturated rings. The fourth-order valence-electron chi connectivity index (χ4n) is 3.43. The van der Waals surface area contributed by atoms with Gasteiger partial charge in [-0.2, -0.15) is 4.99 Å². The molecular weight excluding hydrogens is 395 g/mol. The Morgan fingerprint density at radius 1 is 1.14 bits per heavy atom. The van der Waals surface area contributed by atoms with E-state index in [1.807, 2.05) is 29.2 Å². The summed E-state index contributed by atoms with van der Waals surface area (Å²) in [5, 5.41) is 3.32. The SMILES string of the molecule is COc1cccc(N2C(N3CCCC3)=NC(N)=NC2Nc2ccc(F)cc2)c1.Cl. The number of likely N-dealkylation sites (tertiary alicyclic amines) is 1. The predicted octanol–water partition coefficient (Wildman–Crippen LogP) is 3.24. The first-order chi connectivity index (χ1) is 13.6. The molecule has 0 bridgehead atoms. The van der Waals surface area contributed by atoms with Gasteiger partial charge in [-0.15, -0.1) is 12.4 Å². The Kier molecular flexibility index (Phi) is 6.43. The zero-order chi connectivity index (χ0) is 19.5. The number of nitrogens with zero attached hydrogens (tertiary/aromatic N) is 4. The lowest BCUT2D eigenvalue weighted by Gasteiger charge is -2.38. The number of benzene rings is 2. The molecule has 2 heterocycles. The van der Waals surface area contributed by atoms with Crippen molar-refractivity contribution >= 4 is 35.7 Å². The smallest absolute Gasteiger partial charge is 0.222 e. The molecule has 1 unspecified atom stereocenters. The van der Waals surface area contributed by atoms with Gasteiger partial charge >= 0.3 is 0 Å². The van der Waals surface area contributed by atoms with E-state index in [1.54, 1.807) is 19.2 Å². The largest absolute Gasteiger partial charge is 0.497 e. The fraction of sp³-hybridized carbons (Fsp3) is 0.300. The van der Waals surface area contributed by atoms with Crippen molar-refractivity contribution < 1.29 is 9.13 Å². The molecule has 0 saturated carbocycles.